The molecule has 0 aliphatic rings. The standard InChI is InChI=1S/C14H15BrN2O3/c1-8(18)17-13(14(19)20-2)5-9-7-16-12-6-10(15)3-4-11(9)12/h3-4,6-7,13,16H,5H2,1-2H3,(H,17,18)/t13-/m0/s1. The van der Waals surface area contributed by atoms with Crippen molar-refractivity contribution in [3.05, 3.63) is 34.4 Å². The van der Waals surface area contributed by atoms with Gasteiger partial charge in [0.25, 0.3) is 0 Å². The number of amides is 1. The van der Waals surface area contributed by atoms with Gasteiger partial charge >= 0.3 is 5.97 Å². The van der Waals surface area contributed by atoms with Crippen LogP contribution in [0.3, 0.4) is 0 Å². The van der Waals surface area contributed by atoms with Gasteiger partial charge in [0, 0.05) is 34.9 Å². The Hall–Kier alpha value is -1.82. The summed E-state index contributed by atoms with van der Waals surface area (Å²) in [7, 11) is 1.31. The number of fused-ring (bicyclic) bond motifs is 1. The first-order valence-corrected chi connectivity index (χ1v) is 6.91. The molecule has 1 atom stereocenters. The van der Waals surface area contributed by atoms with Crippen molar-refractivity contribution in [2.75, 3.05) is 7.11 Å². The Kier molecular flexibility index (Phi) is 4.44. The number of hydrogen-bond donors (Lipinski definition) is 2. The maximum Gasteiger partial charge on any atom is 0.328 e. The quantitative estimate of drug-likeness (QED) is 0.839. The van der Waals surface area contributed by atoms with E-state index in [1.54, 1.807) is 0 Å². The van der Waals surface area contributed by atoms with Crippen molar-refractivity contribution in [1.82, 2.24) is 10.3 Å². The van der Waals surface area contributed by atoms with Crippen LogP contribution in [0, 0.1) is 0 Å². The summed E-state index contributed by atoms with van der Waals surface area (Å²) >= 11 is 3.41. The number of aromatic nitrogens is 1. The van der Waals surface area contributed by atoms with E-state index in [1.807, 2.05) is 24.4 Å². The lowest BCUT2D eigenvalue weighted by Crippen LogP contribution is -2.41. The molecule has 2 aromatic rings. The fraction of sp³-hybridized carbons (Fsp3) is 0.286. The Bertz CT molecular complexity index is 651. The number of benzene rings is 1. The molecule has 0 spiro atoms. The van der Waals surface area contributed by atoms with Crippen molar-refractivity contribution in [3.63, 3.8) is 0 Å². The van der Waals surface area contributed by atoms with Crippen molar-refractivity contribution in [1.29, 1.82) is 0 Å². The lowest BCUT2D eigenvalue weighted by molar-refractivity contribution is -0.144. The number of H-pyrrole nitrogens is 1. The van der Waals surface area contributed by atoms with E-state index in [-0.39, 0.29) is 5.91 Å². The zero-order valence-electron chi connectivity index (χ0n) is 11.2. The smallest absolute Gasteiger partial charge is 0.328 e. The van der Waals surface area contributed by atoms with Crippen LogP contribution in [0.1, 0.15) is 12.5 Å². The van der Waals surface area contributed by atoms with Gasteiger partial charge in [-0.2, -0.15) is 0 Å². The summed E-state index contributed by atoms with van der Waals surface area (Å²) in [6, 6.07) is 5.18. The van der Waals surface area contributed by atoms with Crippen LogP contribution in [-0.2, 0) is 20.7 Å². The van der Waals surface area contributed by atoms with Gasteiger partial charge in [0.15, 0.2) is 0 Å². The summed E-state index contributed by atoms with van der Waals surface area (Å²) in [6.45, 7) is 1.38. The second-order valence-corrected chi connectivity index (χ2v) is 5.40. The average molecular weight is 339 g/mol. The predicted molar refractivity (Wildman–Crippen MR) is 79.3 cm³/mol. The van der Waals surface area contributed by atoms with Crippen LogP contribution in [0.5, 0.6) is 0 Å². The van der Waals surface area contributed by atoms with Crippen molar-refractivity contribution in [3.8, 4) is 0 Å². The molecule has 1 aromatic carbocycles. The van der Waals surface area contributed by atoms with Crippen LogP contribution >= 0.6 is 15.9 Å². The number of esters is 1. The molecule has 2 rings (SSSR count). The van der Waals surface area contributed by atoms with Gasteiger partial charge in [-0.1, -0.05) is 22.0 Å². The molecule has 0 aliphatic heterocycles. The highest BCUT2D eigenvalue weighted by molar-refractivity contribution is 9.10. The number of ether oxygens (including phenoxy) is 1. The number of aromatic amines is 1. The first kappa shape index (κ1) is 14.6. The molecule has 6 heteroatoms. The summed E-state index contributed by atoms with van der Waals surface area (Å²) in [5.74, 6) is -0.713. The number of carbonyl (C=O) groups excluding carboxylic acids is 2. The largest absolute Gasteiger partial charge is 0.467 e. The van der Waals surface area contributed by atoms with Crippen LogP contribution in [0.15, 0.2) is 28.9 Å². The van der Waals surface area contributed by atoms with Crippen LogP contribution in [0.25, 0.3) is 10.9 Å². The molecule has 2 N–H and O–H groups in total. The first-order chi connectivity index (χ1) is 9.51. The van der Waals surface area contributed by atoms with Gasteiger partial charge in [-0.25, -0.2) is 4.79 Å². The Balaban J connectivity index is 2.28. The summed E-state index contributed by atoms with van der Waals surface area (Å²) in [5.41, 5.74) is 1.93. The summed E-state index contributed by atoms with van der Waals surface area (Å²) < 4.78 is 5.70. The lowest BCUT2D eigenvalue weighted by Gasteiger charge is -2.14. The summed E-state index contributed by atoms with van der Waals surface area (Å²) in [5, 5.41) is 3.63. The Morgan fingerprint density at radius 1 is 1.45 bits per heavy atom. The van der Waals surface area contributed by atoms with Gasteiger partial charge < -0.3 is 15.0 Å². The molecule has 0 unspecified atom stereocenters. The van der Waals surface area contributed by atoms with Gasteiger partial charge in [-0.3, -0.25) is 4.79 Å². The Morgan fingerprint density at radius 2 is 2.20 bits per heavy atom. The summed E-state index contributed by atoms with van der Waals surface area (Å²) in [6.07, 6.45) is 2.22. The lowest BCUT2D eigenvalue weighted by atomic mass is 10.0. The molecule has 1 aromatic heterocycles. The van der Waals surface area contributed by atoms with E-state index < -0.39 is 12.0 Å². The fourth-order valence-corrected chi connectivity index (χ4v) is 2.49. The fourth-order valence-electron chi connectivity index (χ4n) is 2.13. The third kappa shape index (κ3) is 3.19. The van der Waals surface area contributed by atoms with Crippen molar-refractivity contribution >= 4 is 38.7 Å². The van der Waals surface area contributed by atoms with Gasteiger partial charge in [0.05, 0.1) is 7.11 Å². The average Bonchev–Trinajstić information content (AvgIpc) is 2.78. The maximum atomic E-state index is 11.7. The molecule has 1 amide bonds. The molecule has 1 heterocycles. The molecule has 0 saturated carbocycles. The van der Waals surface area contributed by atoms with E-state index in [9.17, 15) is 9.59 Å². The number of methoxy groups -OCH3 is 1. The first-order valence-electron chi connectivity index (χ1n) is 6.11. The van der Waals surface area contributed by atoms with E-state index in [0.717, 1.165) is 20.9 Å². The predicted octanol–water partition coefficient (Wildman–Crippen LogP) is 2.15. The zero-order chi connectivity index (χ0) is 14.7. The highest BCUT2D eigenvalue weighted by Gasteiger charge is 2.21. The van der Waals surface area contributed by atoms with Crippen molar-refractivity contribution in [2.24, 2.45) is 0 Å². The molecule has 20 heavy (non-hydrogen) atoms. The molecule has 106 valence electrons. The van der Waals surface area contributed by atoms with E-state index in [2.05, 4.69) is 26.2 Å². The number of rotatable bonds is 4. The summed E-state index contributed by atoms with van der Waals surface area (Å²) in [4.78, 5) is 26.0. The minimum atomic E-state index is -0.680. The molecule has 0 saturated heterocycles. The second-order valence-electron chi connectivity index (χ2n) is 4.48. The number of nitrogens with one attached hydrogen (secondary N) is 2. The molecular weight excluding hydrogens is 324 g/mol. The zero-order valence-corrected chi connectivity index (χ0v) is 12.8. The maximum absolute atomic E-state index is 11.7. The van der Waals surface area contributed by atoms with Crippen molar-refractivity contribution in [2.45, 2.75) is 19.4 Å². The number of carbonyl (C=O) groups is 2. The van der Waals surface area contributed by atoms with E-state index >= 15 is 0 Å². The molecule has 0 fully saturated rings. The van der Waals surface area contributed by atoms with Gasteiger partial charge in [-0.15, -0.1) is 0 Å². The van der Waals surface area contributed by atoms with E-state index in [4.69, 9.17) is 4.74 Å². The third-order valence-electron chi connectivity index (χ3n) is 3.02. The Labute approximate surface area is 124 Å². The Morgan fingerprint density at radius 3 is 2.85 bits per heavy atom. The van der Waals surface area contributed by atoms with E-state index in [1.165, 1.54) is 14.0 Å². The molecular formula is C14H15BrN2O3. The number of halogens is 1. The van der Waals surface area contributed by atoms with Crippen LogP contribution < -0.4 is 5.32 Å². The third-order valence-corrected chi connectivity index (χ3v) is 3.51. The van der Waals surface area contributed by atoms with Gasteiger partial charge in [0.2, 0.25) is 5.91 Å². The SMILES string of the molecule is COC(=O)[C@H](Cc1c[nH]c2cc(Br)ccc12)NC(C)=O. The van der Waals surface area contributed by atoms with Crippen LogP contribution in [0.4, 0.5) is 0 Å². The highest BCUT2D eigenvalue weighted by atomic mass is 79.9. The second kappa shape index (κ2) is 6.09. The van der Waals surface area contributed by atoms with Crippen molar-refractivity contribution < 1.29 is 14.3 Å². The van der Waals surface area contributed by atoms with Crippen LogP contribution in [0.2, 0.25) is 0 Å². The van der Waals surface area contributed by atoms with E-state index in [0.29, 0.717) is 6.42 Å². The number of hydrogen-bond acceptors (Lipinski definition) is 3. The topological polar surface area (TPSA) is 71.2 Å². The molecule has 0 aliphatic carbocycles. The van der Waals surface area contributed by atoms with Crippen LogP contribution in [-0.4, -0.2) is 30.0 Å². The molecule has 0 radical (unpaired) electrons. The van der Waals surface area contributed by atoms with Gasteiger partial charge in [0.1, 0.15) is 6.04 Å². The van der Waals surface area contributed by atoms with Gasteiger partial charge in [-0.05, 0) is 17.7 Å². The molecule has 0 bridgehead atoms. The monoisotopic (exact) mass is 338 g/mol. The normalized spacial score (nSPS) is 12.2. The highest BCUT2D eigenvalue weighted by Crippen LogP contribution is 2.23. The molecule has 5 nitrogen and oxygen atoms in total. The minimum absolute atomic E-state index is 0.261. The minimum Gasteiger partial charge on any atom is -0.467 e.